The van der Waals surface area contributed by atoms with Gasteiger partial charge in [0.1, 0.15) is 11.5 Å². The average molecular weight is 181 g/mol. The van der Waals surface area contributed by atoms with E-state index in [1.54, 1.807) is 0 Å². The second-order valence-electron chi connectivity index (χ2n) is 4.12. The van der Waals surface area contributed by atoms with Gasteiger partial charge in [0.15, 0.2) is 0 Å². The van der Waals surface area contributed by atoms with Crippen molar-refractivity contribution in [2.24, 2.45) is 11.7 Å². The van der Waals surface area contributed by atoms with Gasteiger partial charge in [-0.2, -0.15) is 0 Å². The van der Waals surface area contributed by atoms with Crippen molar-refractivity contribution < 1.29 is 4.42 Å². The number of hydrogen-bond acceptors (Lipinski definition) is 2. The highest BCUT2D eigenvalue weighted by Crippen LogP contribution is 2.23. The van der Waals surface area contributed by atoms with E-state index in [4.69, 9.17) is 10.2 Å². The Labute approximate surface area is 80.1 Å². The van der Waals surface area contributed by atoms with Gasteiger partial charge in [-0.3, -0.25) is 0 Å². The predicted octanol–water partition coefficient (Wildman–Crippen LogP) is 2.94. The second-order valence-corrected chi connectivity index (χ2v) is 4.12. The van der Waals surface area contributed by atoms with Gasteiger partial charge in [0.25, 0.3) is 0 Å². The number of rotatable bonds is 3. The SMILES string of the molecule is Cc1cc([C@@H](N)CC(C)C)oc1C. The van der Waals surface area contributed by atoms with Gasteiger partial charge in [-0.25, -0.2) is 0 Å². The van der Waals surface area contributed by atoms with Crippen LogP contribution in [-0.4, -0.2) is 0 Å². The number of aryl methyl sites for hydroxylation is 2. The van der Waals surface area contributed by atoms with E-state index in [0.29, 0.717) is 5.92 Å². The zero-order valence-corrected chi connectivity index (χ0v) is 8.92. The van der Waals surface area contributed by atoms with E-state index in [9.17, 15) is 0 Å². The lowest BCUT2D eigenvalue weighted by atomic mass is 10.0. The fraction of sp³-hybridized carbons (Fsp3) is 0.636. The van der Waals surface area contributed by atoms with Crippen molar-refractivity contribution in [1.29, 1.82) is 0 Å². The first-order chi connectivity index (χ1) is 6.00. The van der Waals surface area contributed by atoms with E-state index in [1.807, 2.05) is 19.9 Å². The van der Waals surface area contributed by atoms with Crippen LogP contribution < -0.4 is 5.73 Å². The van der Waals surface area contributed by atoms with Crippen LogP contribution in [0.3, 0.4) is 0 Å². The Morgan fingerprint density at radius 2 is 2.00 bits per heavy atom. The quantitative estimate of drug-likeness (QED) is 0.778. The summed E-state index contributed by atoms with van der Waals surface area (Å²) in [6, 6.07) is 2.09. The highest BCUT2D eigenvalue weighted by atomic mass is 16.3. The molecule has 0 saturated heterocycles. The highest BCUT2D eigenvalue weighted by Gasteiger charge is 2.13. The normalized spacial score (nSPS) is 13.7. The molecule has 0 amide bonds. The fourth-order valence-electron chi connectivity index (χ4n) is 1.41. The minimum Gasteiger partial charge on any atom is -0.464 e. The van der Waals surface area contributed by atoms with Gasteiger partial charge in [0.2, 0.25) is 0 Å². The molecule has 0 fully saturated rings. The summed E-state index contributed by atoms with van der Waals surface area (Å²) in [5.74, 6) is 2.51. The summed E-state index contributed by atoms with van der Waals surface area (Å²) in [6.45, 7) is 8.36. The van der Waals surface area contributed by atoms with E-state index in [0.717, 1.165) is 17.9 Å². The van der Waals surface area contributed by atoms with E-state index >= 15 is 0 Å². The molecule has 1 rings (SSSR count). The molecule has 1 aromatic rings. The van der Waals surface area contributed by atoms with Crippen LogP contribution in [-0.2, 0) is 0 Å². The van der Waals surface area contributed by atoms with Gasteiger partial charge in [0, 0.05) is 0 Å². The van der Waals surface area contributed by atoms with Crippen LogP contribution in [0.1, 0.15) is 43.4 Å². The van der Waals surface area contributed by atoms with E-state index < -0.39 is 0 Å². The molecular weight excluding hydrogens is 162 g/mol. The summed E-state index contributed by atoms with van der Waals surface area (Å²) in [7, 11) is 0. The number of hydrogen-bond donors (Lipinski definition) is 1. The van der Waals surface area contributed by atoms with Crippen molar-refractivity contribution in [3.63, 3.8) is 0 Å². The molecule has 0 bridgehead atoms. The Kier molecular flexibility index (Phi) is 3.15. The Bertz CT molecular complexity index is 256. The van der Waals surface area contributed by atoms with Gasteiger partial charge in [-0.1, -0.05) is 13.8 Å². The van der Waals surface area contributed by atoms with E-state index in [2.05, 4.69) is 13.8 Å². The third-order valence-corrected chi connectivity index (χ3v) is 2.28. The summed E-state index contributed by atoms with van der Waals surface area (Å²) < 4.78 is 5.55. The molecule has 2 N–H and O–H groups in total. The minimum absolute atomic E-state index is 0.0485. The molecule has 1 heterocycles. The van der Waals surface area contributed by atoms with Gasteiger partial charge in [-0.05, 0) is 37.8 Å². The molecule has 1 atom stereocenters. The van der Waals surface area contributed by atoms with Crippen LogP contribution in [0.25, 0.3) is 0 Å². The van der Waals surface area contributed by atoms with Gasteiger partial charge < -0.3 is 10.2 Å². The van der Waals surface area contributed by atoms with Crippen molar-refractivity contribution in [1.82, 2.24) is 0 Å². The van der Waals surface area contributed by atoms with Crippen LogP contribution in [0.15, 0.2) is 10.5 Å². The smallest absolute Gasteiger partial charge is 0.121 e. The predicted molar refractivity (Wildman–Crippen MR) is 54.6 cm³/mol. The second kappa shape index (κ2) is 3.97. The summed E-state index contributed by atoms with van der Waals surface area (Å²) in [5, 5.41) is 0. The van der Waals surface area contributed by atoms with Gasteiger partial charge >= 0.3 is 0 Å². The molecule has 0 aliphatic heterocycles. The van der Waals surface area contributed by atoms with Crippen LogP contribution in [0.2, 0.25) is 0 Å². The minimum atomic E-state index is 0.0485. The zero-order chi connectivity index (χ0) is 10.0. The molecule has 0 aromatic carbocycles. The summed E-state index contributed by atoms with van der Waals surface area (Å²) in [5.41, 5.74) is 7.17. The molecule has 13 heavy (non-hydrogen) atoms. The first kappa shape index (κ1) is 10.3. The maximum absolute atomic E-state index is 5.98. The molecule has 0 saturated carbocycles. The maximum Gasteiger partial charge on any atom is 0.121 e. The Hall–Kier alpha value is -0.760. The molecule has 0 aliphatic rings. The molecular formula is C11H19NO. The Balaban J connectivity index is 2.71. The summed E-state index contributed by atoms with van der Waals surface area (Å²) in [6.07, 6.45) is 0.979. The third kappa shape index (κ3) is 2.59. The molecule has 0 radical (unpaired) electrons. The molecule has 0 aliphatic carbocycles. The average Bonchev–Trinajstić information content (AvgIpc) is 2.31. The largest absolute Gasteiger partial charge is 0.464 e. The van der Waals surface area contributed by atoms with Gasteiger partial charge in [0.05, 0.1) is 6.04 Å². The summed E-state index contributed by atoms with van der Waals surface area (Å²) in [4.78, 5) is 0. The standard InChI is InChI=1S/C11H19NO/c1-7(2)5-10(12)11-6-8(3)9(4)13-11/h6-7,10H,5,12H2,1-4H3/t10-/m0/s1. The monoisotopic (exact) mass is 181 g/mol. The van der Waals surface area contributed by atoms with E-state index in [-0.39, 0.29) is 6.04 Å². The lowest BCUT2D eigenvalue weighted by molar-refractivity contribution is 0.404. The van der Waals surface area contributed by atoms with Crippen molar-refractivity contribution >= 4 is 0 Å². The molecule has 1 aromatic heterocycles. The highest BCUT2D eigenvalue weighted by molar-refractivity contribution is 5.20. The zero-order valence-electron chi connectivity index (χ0n) is 8.92. The van der Waals surface area contributed by atoms with Crippen molar-refractivity contribution in [2.75, 3.05) is 0 Å². The molecule has 0 unspecified atom stereocenters. The third-order valence-electron chi connectivity index (χ3n) is 2.28. The van der Waals surface area contributed by atoms with E-state index in [1.165, 1.54) is 5.56 Å². The lowest BCUT2D eigenvalue weighted by Gasteiger charge is -2.10. The van der Waals surface area contributed by atoms with Gasteiger partial charge in [-0.15, -0.1) is 0 Å². The lowest BCUT2D eigenvalue weighted by Crippen LogP contribution is -2.11. The van der Waals surface area contributed by atoms with Crippen molar-refractivity contribution in [3.05, 3.63) is 23.2 Å². The molecule has 74 valence electrons. The Morgan fingerprint density at radius 1 is 1.38 bits per heavy atom. The van der Waals surface area contributed by atoms with Crippen LogP contribution in [0, 0.1) is 19.8 Å². The fourth-order valence-corrected chi connectivity index (χ4v) is 1.41. The first-order valence-corrected chi connectivity index (χ1v) is 4.83. The van der Waals surface area contributed by atoms with Crippen molar-refractivity contribution in [3.8, 4) is 0 Å². The molecule has 0 spiro atoms. The summed E-state index contributed by atoms with van der Waals surface area (Å²) >= 11 is 0. The first-order valence-electron chi connectivity index (χ1n) is 4.83. The topological polar surface area (TPSA) is 39.2 Å². The van der Waals surface area contributed by atoms with Crippen LogP contribution in [0.4, 0.5) is 0 Å². The Morgan fingerprint density at radius 3 is 2.38 bits per heavy atom. The number of nitrogens with two attached hydrogens (primary N) is 1. The molecule has 2 nitrogen and oxygen atoms in total. The molecule has 2 heteroatoms. The van der Waals surface area contributed by atoms with Crippen LogP contribution >= 0.6 is 0 Å². The van der Waals surface area contributed by atoms with Crippen molar-refractivity contribution in [2.45, 2.75) is 40.2 Å². The number of furan rings is 1. The maximum atomic E-state index is 5.98. The van der Waals surface area contributed by atoms with Crippen LogP contribution in [0.5, 0.6) is 0 Å².